The summed E-state index contributed by atoms with van der Waals surface area (Å²) < 4.78 is 6.10. The molecule has 1 aromatic carbocycles. The molecule has 0 amide bonds. The first-order chi connectivity index (χ1) is 7.70. The molecule has 0 radical (unpaired) electrons. The van der Waals surface area contributed by atoms with Gasteiger partial charge >= 0.3 is 0 Å². The molecule has 0 aliphatic rings. The molecule has 16 heavy (non-hydrogen) atoms. The van der Waals surface area contributed by atoms with Gasteiger partial charge in [-0.15, -0.1) is 0 Å². The SMILES string of the molecule is NCCc1cc(-c2cc(Cl)ccc2Br)no1. The van der Waals surface area contributed by atoms with Gasteiger partial charge in [0.05, 0.1) is 0 Å². The zero-order chi connectivity index (χ0) is 11.5. The highest BCUT2D eigenvalue weighted by molar-refractivity contribution is 9.10. The Morgan fingerprint density at radius 3 is 2.94 bits per heavy atom. The monoisotopic (exact) mass is 300 g/mol. The second kappa shape index (κ2) is 4.99. The molecule has 0 saturated carbocycles. The summed E-state index contributed by atoms with van der Waals surface area (Å²) in [4.78, 5) is 0. The van der Waals surface area contributed by atoms with E-state index < -0.39 is 0 Å². The third-order valence-corrected chi connectivity index (χ3v) is 3.08. The third kappa shape index (κ3) is 2.45. The van der Waals surface area contributed by atoms with Crippen molar-refractivity contribution in [1.29, 1.82) is 0 Å². The summed E-state index contributed by atoms with van der Waals surface area (Å²) in [5.41, 5.74) is 7.12. The van der Waals surface area contributed by atoms with Gasteiger partial charge in [0, 0.05) is 27.5 Å². The molecule has 2 rings (SSSR count). The second-order valence-corrected chi connectivity index (χ2v) is 4.63. The molecule has 0 spiro atoms. The molecule has 2 N–H and O–H groups in total. The highest BCUT2D eigenvalue weighted by atomic mass is 79.9. The third-order valence-electron chi connectivity index (χ3n) is 2.15. The minimum atomic E-state index is 0.547. The van der Waals surface area contributed by atoms with Crippen LogP contribution in [0.5, 0.6) is 0 Å². The fraction of sp³-hybridized carbons (Fsp3) is 0.182. The standard InChI is InChI=1S/C11H10BrClN2O/c12-10-2-1-7(13)5-9(10)11-6-8(3-4-14)16-15-11/h1-2,5-6H,3-4,14H2. The first kappa shape index (κ1) is 11.6. The predicted octanol–water partition coefficient (Wildman–Crippen LogP) is 3.26. The topological polar surface area (TPSA) is 52.0 Å². The van der Waals surface area contributed by atoms with Crippen molar-refractivity contribution in [3.05, 3.63) is 39.5 Å². The molecule has 0 aliphatic carbocycles. The number of hydrogen-bond acceptors (Lipinski definition) is 3. The molecule has 0 unspecified atom stereocenters. The van der Waals surface area contributed by atoms with Gasteiger partial charge in [0.15, 0.2) is 0 Å². The van der Waals surface area contributed by atoms with Gasteiger partial charge in [0.2, 0.25) is 0 Å². The summed E-state index contributed by atoms with van der Waals surface area (Å²) >= 11 is 9.39. The number of aromatic nitrogens is 1. The predicted molar refractivity (Wildman–Crippen MR) is 67.4 cm³/mol. The van der Waals surface area contributed by atoms with Crippen molar-refractivity contribution in [2.24, 2.45) is 5.73 Å². The van der Waals surface area contributed by atoms with Crippen LogP contribution in [-0.4, -0.2) is 11.7 Å². The number of benzene rings is 1. The van der Waals surface area contributed by atoms with Gasteiger partial charge in [-0.25, -0.2) is 0 Å². The number of nitrogens with two attached hydrogens (primary N) is 1. The number of halogens is 2. The summed E-state index contributed by atoms with van der Waals surface area (Å²) in [6.07, 6.45) is 0.686. The van der Waals surface area contributed by atoms with Crippen LogP contribution in [0.15, 0.2) is 33.3 Å². The minimum absolute atomic E-state index is 0.547. The maximum absolute atomic E-state index is 5.94. The Hall–Kier alpha value is -0.840. The molecule has 0 aliphatic heterocycles. The highest BCUT2D eigenvalue weighted by Gasteiger charge is 2.09. The molecular formula is C11H10BrClN2O. The Bertz CT molecular complexity index is 498. The van der Waals surface area contributed by atoms with E-state index in [4.69, 9.17) is 21.9 Å². The summed E-state index contributed by atoms with van der Waals surface area (Å²) in [7, 11) is 0. The zero-order valence-electron chi connectivity index (χ0n) is 8.41. The molecule has 0 saturated heterocycles. The summed E-state index contributed by atoms with van der Waals surface area (Å²) in [6.45, 7) is 0.547. The highest BCUT2D eigenvalue weighted by Crippen LogP contribution is 2.30. The summed E-state index contributed by atoms with van der Waals surface area (Å²) in [5.74, 6) is 0.782. The van der Waals surface area contributed by atoms with E-state index in [0.29, 0.717) is 18.0 Å². The molecule has 0 bridgehead atoms. The van der Waals surface area contributed by atoms with Gasteiger partial charge < -0.3 is 10.3 Å². The van der Waals surface area contributed by atoms with Crippen LogP contribution in [0.1, 0.15) is 5.76 Å². The molecule has 0 fully saturated rings. The van der Waals surface area contributed by atoms with Gasteiger partial charge in [0.1, 0.15) is 11.5 Å². The summed E-state index contributed by atoms with van der Waals surface area (Å²) in [6, 6.07) is 7.42. The van der Waals surface area contributed by atoms with Gasteiger partial charge in [-0.1, -0.05) is 32.7 Å². The number of nitrogens with zero attached hydrogens (tertiary/aromatic N) is 1. The van der Waals surface area contributed by atoms with Gasteiger partial charge in [-0.2, -0.15) is 0 Å². The lowest BCUT2D eigenvalue weighted by Gasteiger charge is -1.99. The number of hydrogen-bond donors (Lipinski definition) is 1. The van der Waals surface area contributed by atoms with E-state index in [9.17, 15) is 0 Å². The van der Waals surface area contributed by atoms with Crippen LogP contribution in [0.25, 0.3) is 11.3 Å². The molecular weight excluding hydrogens is 291 g/mol. The van der Waals surface area contributed by atoms with Crippen molar-refractivity contribution in [2.45, 2.75) is 6.42 Å². The van der Waals surface area contributed by atoms with Gasteiger partial charge in [0.25, 0.3) is 0 Å². The van der Waals surface area contributed by atoms with Crippen molar-refractivity contribution in [2.75, 3.05) is 6.54 Å². The van der Waals surface area contributed by atoms with E-state index in [2.05, 4.69) is 21.1 Å². The molecule has 5 heteroatoms. The van der Waals surface area contributed by atoms with Crippen LogP contribution in [0.3, 0.4) is 0 Å². The summed E-state index contributed by atoms with van der Waals surface area (Å²) in [5, 5.41) is 4.66. The van der Waals surface area contributed by atoms with Gasteiger partial charge in [-0.05, 0) is 24.7 Å². The lowest BCUT2D eigenvalue weighted by molar-refractivity contribution is 0.386. The molecule has 1 heterocycles. The number of rotatable bonds is 3. The maximum Gasteiger partial charge on any atom is 0.138 e. The molecule has 0 atom stereocenters. The van der Waals surface area contributed by atoms with E-state index in [-0.39, 0.29) is 0 Å². The Kier molecular flexibility index (Phi) is 3.63. The van der Waals surface area contributed by atoms with Crippen molar-refractivity contribution in [1.82, 2.24) is 5.16 Å². The zero-order valence-corrected chi connectivity index (χ0v) is 10.8. The van der Waals surface area contributed by atoms with Crippen LogP contribution >= 0.6 is 27.5 Å². The fourth-order valence-electron chi connectivity index (χ4n) is 1.39. The Labute approximate surface area is 107 Å². The van der Waals surface area contributed by atoms with E-state index >= 15 is 0 Å². The quantitative estimate of drug-likeness (QED) is 0.946. The lowest BCUT2D eigenvalue weighted by atomic mass is 10.1. The first-order valence-corrected chi connectivity index (χ1v) is 5.99. The average molecular weight is 302 g/mol. The lowest BCUT2D eigenvalue weighted by Crippen LogP contribution is -2.01. The second-order valence-electron chi connectivity index (χ2n) is 3.34. The molecule has 1 aromatic heterocycles. The van der Waals surface area contributed by atoms with Crippen LogP contribution < -0.4 is 5.73 Å². The largest absolute Gasteiger partial charge is 0.361 e. The average Bonchev–Trinajstić information content (AvgIpc) is 2.71. The molecule has 84 valence electrons. The molecule has 2 aromatic rings. The van der Waals surface area contributed by atoms with E-state index in [1.54, 1.807) is 0 Å². The minimum Gasteiger partial charge on any atom is -0.361 e. The van der Waals surface area contributed by atoms with Crippen LogP contribution in [0.4, 0.5) is 0 Å². The van der Waals surface area contributed by atoms with Crippen LogP contribution in [0.2, 0.25) is 5.02 Å². The van der Waals surface area contributed by atoms with E-state index in [1.807, 2.05) is 24.3 Å². The fourth-order valence-corrected chi connectivity index (χ4v) is 2.02. The smallest absolute Gasteiger partial charge is 0.138 e. The van der Waals surface area contributed by atoms with Crippen LogP contribution in [0, 0.1) is 0 Å². The van der Waals surface area contributed by atoms with Crippen LogP contribution in [-0.2, 0) is 6.42 Å². The maximum atomic E-state index is 5.94. The normalized spacial score (nSPS) is 10.7. The molecule has 3 nitrogen and oxygen atoms in total. The van der Waals surface area contributed by atoms with Crippen molar-refractivity contribution >= 4 is 27.5 Å². The van der Waals surface area contributed by atoms with Gasteiger partial charge in [-0.3, -0.25) is 0 Å². The van der Waals surface area contributed by atoms with Crippen molar-refractivity contribution in [3.8, 4) is 11.3 Å². The van der Waals surface area contributed by atoms with E-state index in [1.165, 1.54) is 0 Å². The Morgan fingerprint density at radius 2 is 2.19 bits per heavy atom. The Morgan fingerprint density at radius 1 is 1.38 bits per heavy atom. The van der Waals surface area contributed by atoms with Crippen molar-refractivity contribution < 1.29 is 4.52 Å². The van der Waals surface area contributed by atoms with E-state index in [0.717, 1.165) is 21.5 Å². The Balaban J connectivity index is 2.38. The first-order valence-electron chi connectivity index (χ1n) is 4.82. The van der Waals surface area contributed by atoms with Crippen molar-refractivity contribution in [3.63, 3.8) is 0 Å².